The summed E-state index contributed by atoms with van der Waals surface area (Å²) in [5.41, 5.74) is 0. The van der Waals surface area contributed by atoms with E-state index in [2.05, 4.69) is 12.2 Å². The third-order valence-corrected chi connectivity index (χ3v) is 4.76. The van der Waals surface area contributed by atoms with Crippen molar-refractivity contribution in [3.8, 4) is 0 Å². The van der Waals surface area contributed by atoms with Crippen molar-refractivity contribution in [2.24, 2.45) is 11.8 Å². The van der Waals surface area contributed by atoms with Gasteiger partial charge >= 0.3 is 0 Å². The van der Waals surface area contributed by atoms with Gasteiger partial charge in [0.2, 0.25) is 5.91 Å². The third kappa shape index (κ3) is 3.39. The smallest absolute Gasteiger partial charge is 0.223 e. The molecule has 1 saturated heterocycles. The number of hydrogen-bond acceptors (Lipinski definition) is 3. The Balaban J connectivity index is 1.69. The summed E-state index contributed by atoms with van der Waals surface area (Å²) in [6.07, 6.45) is 1.97. The molecule has 0 aromatic heterocycles. The van der Waals surface area contributed by atoms with Crippen molar-refractivity contribution in [1.82, 2.24) is 10.2 Å². The maximum atomic E-state index is 12.0. The van der Waals surface area contributed by atoms with Crippen LogP contribution in [0.5, 0.6) is 0 Å². The molecule has 1 N–H and O–H groups in total. The van der Waals surface area contributed by atoms with Gasteiger partial charge in [0.15, 0.2) is 0 Å². The van der Waals surface area contributed by atoms with Crippen LogP contribution in [0.4, 0.5) is 0 Å². The van der Waals surface area contributed by atoms with Gasteiger partial charge in [0.05, 0.1) is 0 Å². The number of hydrogen-bond donors (Lipinski definition) is 1. The van der Waals surface area contributed by atoms with Gasteiger partial charge in [-0.3, -0.25) is 4.79 Å². The molecule has 1 amide bonds. The monoisotopic (exact) mass is 242 g/mol. The number of amides is 1. The van der Waals surface area contributed by atoms with Gasteiger partial charge in [-0.25, -0.2) is 0 Å². The number of thioether (sulfide) groups is 1. The molecule has 2 aliphatic rings. The van der Waals surface area contributed by atoms with E-state index in [1.54, 1.807) is 0 Å². The van der Waals surface area contributed by atoms with Crippen LogP contribution in [0.1, 0.15) is 19.8 Å². The van der Waals surface area contributed by atoms with E-state index < -0.39 is 0 Å². The van der Waals surface area contributed by atoms with Crippen LogP contribution in [-0.2, 0) is 4.79 Å². The van der Waals surface area contributed by atoms with Crippen LogP contribution in [0.2, 0.25) is 0 Å². The zero-order valence-corrected chi connectivity index (χ0v) is 11.1. The average Bonchev–Trinajstić information content (AvgIpc) is 2.95. The molecular weight excluding hydrogens is 220 g/mol. The Kier molecular flexibility index (Phi) is 4.14. The van der Waals surface area contributed by atoms with Crippen molar-refractivity contribution >= 4 is 17.7 Å². The number of carbonyl (C=O) groups is 1. The van der Waals surface area contributed by atoms with Crippen LogP contribution in [0.25, 0.3) is 0 Å². The summed E-state index contributed by atoms with van der Waals surface area (Å²) in [4.78, 5) is 13.9. The molecule has 2 fully saturated rings. The van der Waals surface area contributed by atoms with Crippen LogP contribution < -0.4 is 5.32 Å². The molecule has 4 heteroatoms. The summed E-state index contributed by atoms with van der Waals surface area (Å²) in [5.74, 6) is 4.17. The Morgan fingerprint density at radius 1 is 1.56 bits per heavy atom. The van der Waals surface area contributed by atoms with Gasteiger partial charge in [-0.15, -0.1) is 0 Å². The van der Waals surface area contributed by atoms with Crippen LogP contribution in [0.3, 0.4) is 0 Å². The Morgan fingerprint density at radius 3 is 2.88 bits per heavy atom. The van der Waals surface area contributed by atoms with Gasteiger partial charge in [-0.05, 0) is 18.3 Å². The van der Waals surface area contributed by atoms with Gasteiger partial charge in [0.1, 0.15) is 0 Å². The summed E-state index contributed by atoms with van der Waals surface area (Å²) in [6.45, 7) is 4.27. The van der Waals surface area contributed by atoms with Crippen LogP contribution in [-0.4, -0.2) is 48.5 Å². The summed E-state index contributed by atoms with van der Waals surface area (Å²) in [7, 11) is 1.95. The van der Waals surface area contributed by atoms with Gasteiger partial charge in [0.25, 0.3) is 0 Å². The molecule has 0 spiro atoms. The lowest BCUT2D eigenvalue weighted by Gasteiger charge is -2.25. The van der Waals surface area contributed by atoms with Crippen molar-refractivity contribution in [1.29, 1.82) is 0 Å². The molecular formula is C12H22N2OS. The van der Waals surface area contributed by atoms with Gasteiger partial charge in [-0.2, -0.15) is 11.8 Å². The SMILES string of the molecule is CC1CC1CN(C)C(=O)CC1CSCCN1. The summed E-state index contributed by atoms with van der Waals surface area (Å²) in [6, 6.07) is 0.394. The first-order valence-corrected chi connectivity index (χ1v) is 7.37. The molecule has 1 saturated carbocycles. The zero-order chi connectivity index (χ0) is 11.5. The Bertz CT molecular complexity index is 253. The Hall–Kier alpha value is -0.220. The number of nitrogens with one attached hydrogen (secondary N) is 1. The van der Waals surface area contributed by atoms with Crippen molar-refractivity contribution < 1.29 is 4.79 Å². The highest BCUT2D eigenvalue weighted by Gasteiger charge is 2.34. The first kappa shape index (κ1) is 12.2. The van der Waals surface area contributed by atoms with Crippen molar-refractivity contribution in [2.75, 3.05) is 31.6 Å². The van der Waals surface area contributed by atoms with E-state index in [0.717, 1.165) is 30.7 Å². The molecule has 1 heterocycles. The second-order valence-electron chi connectivity index (χ2n) is 5.18. The number of nitrogens with zero attached hydrogens (tertiary/aromatic N) is 1. The quantitative estimate of drug-likeness (QED) is 0.804. The van der Waals surface area contributed by atoms with E-state index in [0.29, 0.717) is 18.4 Å². The zero-order valence-electron chi connectivity index (χ0n) is 10.2. The summed E-state index contributed by atoms with van der Waals surface area (Å²) >= 11 is 1.95. The van der Waals surface area contributed by atoms with Crippen molar-refractivity contribution in [3.05, 3.63) is 0 Å². The van der Waals surface area contributed by atoms with Crippen LogP contribution >= 0.6 is 11.8 Å². The van der Waals surface area contributed by atoms with Crippen LogP contribution in [0, 0.1) is 11.8 Å². The van der Waals surface area contributed by atoms with E-state index in [4.69, 9.17) is 0 Å². The maximum Gasteiger partial charge on any atom is 0.223 e. The molecule has 1 aliphatic heterocycles. The minimum Gasteiger partial charge on any atom is -0.345 e. The Morgan fingerprint density at radius 2 is 2.31 bits per heavy atom. The fourth-order valence-corrected chi connectivity index (χ4v) is 3.17. The van der Waals surface area contributed by atoms with Gasteiger partial charge < -0.3 is 10.2 Å². The van der Waals surface area contributed by atoms with E-state index in [1.807, 2.05) is 23.7 Å². The topological polar surface area (TPSA) is 32.3 Å². The Labute approximate surface area is 102 Å². The van der Waals surface area contributed by atoms with Gasteiger partial charge in [0, 0.05) is 44.1 Å². The molecule has 0 aromatic rings. The molecule has 2 rings (SSSR count). The second-order valence-corrected chi connectivity index (χ2v) is 6.33. The maximum absolute atomic E-state index is 12.0. The lowest BCUT2D eigenvalue weighted by atomic mass is 10.2. The summed E-state index contributed by atoms with van der Waals surface area (Å²) < 4.78 is 0. The minimum atomic E-state index is 0.305. The molecule has 3 nitrogen and oxygen atoms in total. The molecule has 0 bridgehead atoms. The fraction of sp³-hybridized carbons (Fsp3) is 0.917. The molecule has 3 unspecified atom stereocenters. The van der Waals surface area contributed by atoms with E-state index in [9.17, 15) is 4.79 Å². The van der Waals surface area contributed by atoms with Crippen molar-refractivity contribution in [3.63, 3.8) is 0 Å². The van der Waals surface area contributed by atoms with E-state index >= 15 is 0 Å². The summed E-state index contributed by atoms with van der Waals surface area (Å²) in [5, 5.41) is 3.41. The predicted octanol–water partition coefficient (Wildman–Crippen LogP) is 1.20. The minimum absolute atomic E-state index is 0.305. The molecule has 0 radical (unpaired) electrons. The number of carbonyl (C=O) groups excluding carboxylic acids is 1. The molecule has 92 valence electrons. The average molecular weight is 242 g/mol. The first-order chi connectivity index (χ1) is 7.66. The largest absolute Gasteiger partial charge is 0.345 e. The first-order valence-electron chi connectivity index (χ1n) is 6.22. The molecule has 0 aromatic carbocycles. The third-order valence-electron chi connectivity index (χ3n) is 3.63. The molecule has 16 heavy (non-hydrogen) atoms. The molecule has 1 aliphatic carbocycles. The predicted molar refractivity (Wildman–Crippen MR) is 68.6 cm³/mol. The van der Waals surface area contributed by atoms with Crippen LogP contribution in [0.15, 0.2) is 0 Å². The van der Waals surface area contributed by atoms with E-state index in [-0.39, 0.29) is 0 Å². The normalized spacial score (nSPS) is 33.5. The molecule has 3 atom stereocenters. The van der Waals surface area contributed by atoms with Gasteiger partial charge in [-0.1, -0.05) is 6.92 Å². The highest BCUT2D eigenvalue weighted by atomic mass is 32.2. The highest BCUT2D eigenvalue weighted by Crippen LogP contribution is 2.38. The number of rotatable bonds is 4. The standard InChI is InChI=1S/C12H22N2OS/c1-9-5-10(9)7-14(2)12(15)6-11-8-16-4-3-13-11/h9-11,13H,3-8H2,1-2H3. The second kappa shape index (κ2) is 5.41. The lowest BCUT2D eigenvalue weighted by Crippen LogP contribution is -2.42. The van der Waals surface area contributed by atoms with E-state index in [1.165, 1.54) is 12.2 Å². The fourth-order valence-electron chi connectivity index (χ4n) is 2.22. The van der Waals surface area contributed by atoms with Crippen molar-refractivity contribution in [2.45, 2.75) is 25.8 Å². The highest BCUT2D eigenvalue weighted by molar-refractivity contribution is 7.99. The lowest BCUT2D eigenvalue weighted by molar-refractivity contribution is -0.130.